The van der Waals surface area contributed by atoms with E-state index in [9.17, 15) is 52.8 Å². The molecule has 8 aromatic heterocycles. The summed E-state index contributed by atoms with van der Waals surface area (Å²) < 4.78 is 35.7. The summed E-state index contributed by atoms with van der Waals surface area (Å²) in [5, 5.41) is 32.1. The number of carbonyl (C=O) groups is 6. The van der Waals surface area contributed by atoms with Crippen LogP contribution < -0.4 is 44.1 Å². The van der Waals surface area contributed by atoms with E-state index < -0.39 is 17.4 Å². The lowest BCUT2D eigenvalue weighted by atomic mass is 10.1. The standard InChI is InChI=1S/C17H23N5O3S.C17H19N5O2S.C15H17N3O3S.C11H15N3OS.C8H14O4.C2H6N2O.CH3I.Cl3OP/c1-10(23)20-21-14(24)8-11-7-12-9-18-17(26-2)19-15(12)22(16(11)25)13-5-3-4-6-13;1-10-20-21-14(24-10)8-11-7-12-9-18-17(25-2)19-15(12)22(16(11)23)13-5-3-4-6-13;1-22-15-16-8-10-6-9(7-12(19)20)14(21)18(13(10)17-15)11-4-2-3-5-11;1-16-11-12-6-8(7-15)10(14-11)13-9-4-2-3-5-9;1-3-11-7(9)5-6-8(10)12-4-2;1-2(5)4-3;1-2;1-5(2,3)4/h7,9,13-14,21,24H,3-6,8H2,1-2H3,(H,20,23);7,9,13H,3-6,8H2,1-2H3;6,8,11H,2-5,7H2,1H3,(H,19,20);6-7,9H,2-5H2,1H3,(H,12,13,14);3-6H2,1-2H3;3H2,1H3,(H,4,5);1H3;/i;;;;;;1D;. The number of rotatable bonds is 23. The number of carboxylic acid groups (broad SMARTS) is 1. The number of aryl methyl sites for hydroxylation is 1. The Labute approximate surface area is 700 Å². The van der Waals surface area contributed by atoms with Crippen molar-refractivity contribution in [2.24, 2.45) is 5.84 Å². The summed E-state index contributed by atoms with van der Waals surface area (Å²) in [7, 11) is 0. The Morgan fingerprint density at radius 2 is 1.03 bits per heavy atom. The number of aliphatic hydroxyl groups is 1. The van der Waals surface area contributed by atoms with Crippen molar-refractivity contribution < 1.29 is 58.8 Å². The van der Waals surface area contributed by atoms with Crippen LogP contribution in [0.4, 0.5) is 5.82 Å². The summed E-state index contributed by atoms with van der Waals surface area (Å²) in [6, 6.07) is 6.08. The van der Waals surface area contributed by atoms with Crippen LogP contribution in [-0.4, -0.2) is 165 Å². The fourth-order valence-electron chi connectivity index (χ4n) is 12.5. The summed E-state index contributed by atoms with van der Waals surface area (Å²) in [6.07, 6.45) is 31.8. The molecular weight excluding hydrogens is 1740 g/mol. The number of alkyl halides is 1. The zero-order chi connectivity index (χ0) is 84.0. The Balaban J connectivity index is 0.000000249. The fraction of sp³-hybridized carbons (Fsp3) is 0.535. The number of aldehydes is 1. The Hall–Kier alpha value is -6.98. The predicted octanol–water partition coefficient (Wildman–Crippen LogP) is 12.4. The molecule has 113 heavy (non-hydrogen) atoms. The maximum atomic E-state index is 13.2. The van der Waals surface area contributed by atoms with Crippen LogP contribution >= 0.6 is 109 Å². The summed E-state index contributed by atoms with van der Waals surface area (Å²) >= 11 is 21.6. The van der Waals surface area contributed by atoms with Crippen molar-refractivity contribution >= 4 is 183 Å². The van der Waals surface area contributed by atoms with Crippen LogP contribution in [0, 0.1) is 6.92 Å². The van der Waals surface area contributed by atoms with E-state index in [1.54, 1.807) is 66.8 Å². The van der Waals surface area contributed by atoms with Crippen LogP contribution in [0.15, 0.2) is 82.4 Å². The summed E-state index contributed by atoms with van der Waals surface area (Å²) in [4.78, 5) is 138. The van der Waals surface area contributed by atoms with E-state index in [0.29, 0.717) is 102 Å². The molecule has 1 unspecified atom stereocenters. The Morgan fingerprint density at radius 1 is 0.655 bits per heavy atom. The minimum Gasteiger partial charge on any atom is -0.481 e. The number of hydrazine groups is 2. The van der Waals surface area contributed by atoms with Gasteiger partial charge in [0, 0.05) is 110 Å². The number of hydrogen-bond donors (Lipinski definition) is 7. The number of aromatic nitrogens is 13. The number of amides is 2. The lowest BCUT2D eigenvalue weighted by molar-refractivity contribution is -0.149. The number of esters is 2. The Morgan fingerprint density at radius 3 is 1.39 bits per heavy atom. The number of anilines is 1. The van der Waals surface area contributed by atoms with Crippen LogP contribution in [0.25, 0.3) is 33.1 Å². The van der Waals surface area contributed by atoms with E-state index in [-0.39, 0.29) is 84.2 Å². The molecule has 8 N–H and O–H groups in total. The van der Waals surface area contributed by atoms with Crippen molar-refractivity contribution in [2.75, 3.05) is 48.5 Å². The maximum absolute atomic E-state index is 13.2. The molecular formula is C71H97Cl3IN18O15PS4. The number of nitrogens with zero attached hydrogens (tertiary/aromatic N) is 13. The molecule has 4 aliphatic carbocycles. The summed E-state index contributed by atoms with van der Waals surface area (Å²) in [6.45, 7) is 8.57. The van der Waals surface area contributed by atoms with Crippen molar-refractivity contribution in [3.8, 4) is 0 Å². The quantitative estimate of drug-likeness (QED) is 0.00267. The number of aliphatic hydroxyl groups excluding tert-OH is 1. The van der Waals surface area contributed by atoms with Gasteiger partial charge in [0.05, 0.1) is 44.5 Å². The van der Waals surface area contributed by atoms with Gasteiger partial charge in [0.1, 0.15) is 29.0 Å². The summed E-state index contributed by atoms with van der Waals surface area (Å²) in [5.41, 5.74) is 10.3. The second-order valence-electron chi connectivity index (χ2n) is 25.4. The summed E-state index contributed by atoms with van der Waals surface area (Å²) in [5.74, 6) is 3.96. The number of thioether (sulfide) groups is 4. The normalized spacial score (nSPS) is 14.4. The molecule has 4 aliphatic rings. The Bertz CT molecular complexity index is 4700. The minimum absolute atomic E-state index is 0.0130. The van der Waals surface area contributed by atoms with Gasteiger partial charge in [-0.3, -0.25) is 72.3 Å². The number of ether oxygens (including phenoxy) is 2. The SMILES string of the molecule is CC(=O)NN.CCOC(=O)CCC(=O)OCC.CSc1ncc(C=O)c(NC2CCCC2)n1.CSc1ncc2cc(CC(=O)O)c(=O)n(C3CCCC3)c2n1.CSc1ncc2cc(CC(O)NNC(C)=O)c(=O)n(C3CCCC3)c2n1.CSc1ncc2cc(Cc3nnc(C)o3)c(=O)n(C3CCCC3)c2n1.O=P(Cl)(Cl)Cl.[2H]CI. The van der Waals surface area contributed by atoms with Crippen molar-refractivity contribution in [1.82, 2.24) is 80.0 Å². The van der Waals surface area contributed by atoms with E-state index in [1.807, 2.05) is 63.7 Å². The van der Waals surface area contributed by atoms with Gasteiger partial charge in [-0.1, -0.05) is 121 Å². The van der Waals surface area contributed by atoms with Crippen LogP contribution in [-0.2, 0) is 57.3 Å². The molecule has 8 heterocycles. The van der Waals surface area contributed by atoms with Crippen molar-refractivity contribution in [2.45, 2.75) is 220 Å². The number of halogens is 4. The zero-order valence-electron chi connectivity index (χ0n) is 65.2. The highest BCUT2D eigenvalue weighted by Crippen LogP contribution is 2.61. The van der Waals surface area contributed by atoms with Gasteiger partial charge in [-0.25, -0.2) is 51.1 Å². The van der Waals surface area contributed by atoms with E-state index in [0.717, 1.165) is 118 Å². The van der Waals surface area contributed by atoms with Gasteiger partial charge in [0.2, 0.25) is 23.6 Å². The number of carboxylic acids is 1. The monoisotopic (exact) mass is 1830 g/mol. The molecule has 0 saturated heterocycles. The number of aliphatic carboxylic acids is 1. The van der Waals surface area contributed by atoms with Crippen molar-refractivity contribution in [3.05, 3.63) is 108 Å². The van der Waals surface area contributed by atoms with Gasteiger partial charge in [-0.2, -0.15) is 0 Å². The van der Waals surface area contributed by atoms with Crippen LogP contribution in [0.1, 0.15) is 202 Å². The number of hydrogen-bond acceptors (Lipinski definition) is 31. The average molecular weight is 1840 g/mol. The predicted molar refractivity (Wildman–Crippen MR) is 450 cm³/mol. The third kappa shape index (κ3) is 32.2. The average Bonchev–Trinajstić information content (AvgIpc) is 0.788. The van der Waals surface area contributed by atoms with Gasteiger partial charge in [-0.05, 0) is 147 Å². The highest BCUT2D eigenvalue weighted by atomic mass is 127. The lowest BCUT2D eigenvalue weighted by Gasteiger charge is -2.19. The molecule has 33 nitrogen and oxygen atoms in total. The first-order chi connectivity index (χ1) is 54.5. The van der Waals surface area contributed by atoms with E-state index >= 15 is 0 Å². The molecule has 42 heteroatoms. The van der Waals surface area contributed by atoms with Crippen molar-refractivity contribution in [3.63, 3.8) is 0 Å². The van der Waals surface area contributed by atoms with E-state index in [2.05, 4.69) is 115 Å². The van der Waals surface area contributed by atoms with Crippen LogP contribution in [0.2, 0.25) is 0 Å². The number of nitrogens with one attached hydrogen (secondary N) is 4. The van der Waals surface area contributed by atoms with Gasteiger partial charge in [0.15, 0.2) is 26.9 Å². The van der Waals surface area contributed by atoms with Gasteiger partial charge < -0.3 is 29.4 Å². The van der Waals surface area contributed by atoms with Gasteiger partial charge in [0.25, 0.3) is 16.7 Å². The first kappa shape index (κ1) is 94.9. The highest BCUT2D eigenvalue weighted by molar-refractivity contribution is 14.1. The molecule has 0 radical (unpaired) electrons. The van der Waals surface area contributed by atoms with Crippen LogP contribution in [0.3, 0.4) is 0 Å². The lowest BCUT2D eigenvalue weighted by Crippen LogP contribution is -2.45. The molecule has 8 aromatic rings. The molecule has 0 bridgehead atoms. The van der Waals surface area contributed by atoms with E-state index in [1.165, 1.54) is 73.7 Å². The number of pyridine rings is 3. The zero-order valence-corrected chi connectivity index (χ0v) is 72.7. The Kier molecular flexibility index (Phi) is 42.4. The minimum atomic E-state index is -3.22. The highest BCUT2D eigenvalue weighted by Gasteiger charge is 2.28. The van der Waals surface area contributed by atoms with E-state index in [4.69, 9.17) is 10.9 Å². The van der Waals surface area contributed by atoms with Crippen LogP contribution in [0.5, 0.6) is 0 Å². The molecule has 618 valence electrons. The first-order valence-electron chi connectivity index (χ1n) is 36.7. The molecule has 2 amide bonds. The first-order valence-corrected chi connectivity index (χ1v) is 46.8. The third-order valence-electron chi connectivity index (χ3n) is 17.3. The number of carbonyl (C=O) groups excluding carboxylic acids is 5. The third-order valence-corrected chi connectivity index (χ3v) is 19.6. The largest absolute Gasteiger partial charge is 0.481 e. The molecule has 4 saturated carbocycles. The topological polar surface area (TPSA) is 461 Å². The maximum Gasteiger partial charge on any atom is 0.339 e. The molecule has 4 fully saturated rings. The second kappa shape index (κ2) is 50.5. The number of nitrogens with two attached hydrogens (primary N) is 1. The van der Waals surface area contributed by atoms with Gasteiger partial charge >= 0.3 is 23.1 Å². The molecule has 0 spiro atoms. The molecule has 12 rings (SSSR count). The number of fused-ring (bicyclic) bond motifs is 3. The van der Waals surface area contributed by atoms with Gasteiger partial charge in [-0.15, -0.1) is 10.2 Å². The molecule has 1 atom stereocenters. The second-order valence-corrected chi connectivity index (χ2v) is 35.1. The molecule has 0 aliphatic heterocycles. The smallest absolute Gasteiger partial charge is 0.339 e. The molecule has 0 aromatic carbocycles. The fourth-order valence-corrected chi connectivity index (χ4v) is 13.8. The van der Waals surface area contributed by atoms with Crippen molar-refractivity contribution in [1.29, 1.82) is 0 Å².